The van der Waals surface area contributed by atoms with Crippen molar-refractivity contribution in [3.63, 3.8) is 0 Å². The van der Waals surface area contributed by atoms with Crippen LogP contribution in [-0.2, 0) is 20.9 Å². The predicted octanol–water partition coefficient (Wildman–Crippen LogP) is 3.23. The molecular formula is C23H28N4O3. The fraction of sp³-hybridized carbons (Fsp3) is 0.348. The van der Waals surface area contributed by atoms with Crippen LogP contribution in [0.4, 0.5) is 17.1 Å². The number of hydrogen-bond donors (Lipinski definition) is 2. The summed E-state index contributed by atoms with van der Waals surface area (Å²) in [4.78, 5) is 40.7. The Balaban J connectivity index is 1.56. The Labute approximate surface area is 177 Å². The first kappa shape index (κ1) is 21.5. The van der Waals surface area contributed by atoms with Gasteiger partial charge in [-0.05, 0) is 42.9 Å². The normalized spacial score (nSPS) is 13.0. The van der Waals surface area contributed by atoms with E-state index in [1.54, 1.807) is 18.2 Å². The highest BCUT2D eigenvalue weighted by molar-refractivity contribution is 6.10. The molecule has 0 unspecified atom stereocenters. The topological polar surface area (TPSA) is 81.8 Å². The molecule has 0 fully saturated rings. The van der Waals surface area contributed by atoms with E-state index in [2.05, 4.69) is 29.4 Å². The molecule has 7 nitrogen and oxygen atoms in total. The molecule has 2 N–H and O–H groups in total. The molecule has 0 aromatic heterocycles. The van der Waals surface area contributed by atoms with Crippen molar-refractivity contribution in [3.8, 4) is 0 Å². The molecule has 0 aliphatic carbocycles. The Kier molecular flexibility index (Phi) is 7.19. The first-order valence-electron chi connectivity index (χ1n) is 10.3. The highest BCUT2D eigenvalue weighted by Gasteiger charge is 2.26. The Morgan fingerprint density at radius 3 is 2.60 bits per heavy atom. The number of para-hydroxylation sites is 2. The van der Waals surface area contributed by atoms with Gasteiger partial charge in [-0.2, -0.15) is 0 Å². The molecule has 3 rings (SSSR count). The fourth-order valence-corrected chi connectivity index (χ4v) is 3.49. The Bertz CT molecular complexity index is 924. The number of rotatable bonds is 8. The second-order valence-corrected chi connectivity index (χ2v) is 7.26. The molecule has 7 heteroatoms. The minimum Gasteiger partial charge on any atom is -0.326 e. The Morgan fingerprint density at radius 1 is 1.07 bits per heavy atom. The van der Waals surface area contributed by atoms with Crippen LogP contribution in [0.2, 0.25) is 0 Å². The van der Waals surface area contributed by atoms with Gasteiger partial charge in [-0.3, -0.25) is 19.3 Å². The van der Waals surface area contributed by atoms with Crippen LogP contribution in [0, 0.1) is 0 Å². The van der Waals surface area contributed by atoms with Gasteiger partial charge in [-0.1, -0.05) is 38.1 Å². The van der Waals surface area contributed by atoms with Gasteiger partial charge in [-0.15, -0.1) is 0 Å². The quantitative estimate of drug-likeness (QED) is 0.703. The van der Waals surface area contributed by atoms with E-state index in [-0.39, 0.29) is 37.1 Å². The number of hydrogen-bond acceptors (Lipinski definition) is 4. The highest BCUT2D eigenvalue weighted by atomic mass is 16.2. The second kappa shape index (κ2) is 10.0. The molecule has 30 heavy (non-hydrogen) atoms. The largest absolute Gasteiger partial charge is 0.326 e. The molecule has 0 saturated heterocycles. The summed E-state index contributed by atoms with van der Waals surface area (Å²) in [6.07, 6.45) is 0.0893. The molecule has 0 atom stereocenters. The van der Waals surface area contributed by atoms with Crippen molar-refractivity contribution < 1.29 is 14.4 Å². The van der Waals surface area contributed by atoms with Gasteiger partial charge in [0.2, 0.25) is 17.7 Å². The molecule has 1 heterocycles. The fourth-order valence-electron chi connectivity index (χ4n) is 3.49. The monoisotopic (exact) mass is 408 g/mol. The van der Waals surface area contributed by atoms with Crippen molar-refractivity contribution in [1.29, 1.82) is 0 Å². The van der Waals surface area contributed by atoms with Crippen LogP contribution in [0.1, 0.15) is 32.3 Å². The van der Waals surface area contributed by atoms with E-state index in [1.165, 1.54) is 4.90 Å². The Hall–Kier alpha value is -3.19. The van der Waals surface area contributed by atoms with Crippen molar-refractivity contribution in [1.82, 2.24) is 4.90 Å². The van der Waals surface area contributed by atoms with Gasteiger partial charge in [0, 0.05) is 25.1 Å². The summed E-state index contributed by atoms with van der Waals surface area (Å²) in [5.41, 5.74) is 3.12. The van der Waals surface area contributed by atoms with E-state index in [4.69, 9.17) is 0 Å². The number of nitrogens with one attached hydrogen (secondary N) is 2. The van der Waals surface area contributed by atoms with Crippen LogP contribution in [-0.4, -0.2) is 42.3 Å². The standard InChI is InChI=1S/C23H28N4O3/c1-3-26(4-2)15-17-8-7-9-18(14-17)24-21(28)12-13-23(30)27-16-22(29)25-19-10-5-6-11-20(19)27/h5-11,14H,3-4,12-13,15-16H2,1-2H3,(H,24,28)(H,25,29). The van der Waals surface area contributed by atoms with E-state index in [9.17, 15) is 14.4 Å². The van der Waals surface area contributed by atoms with Crippen LogP contribution in [0.15, 0.2) is 48.5 Å². The van der Waals surface area contributed by atoms with Crippen LogP contribution in [0.25, 0.3) is 0 Å². The number of amides is 3. The lowest BCUT2D eigenvalue weighted by Crippen LogP contribution is -2.42. The predicted molar refractivity (Wildman–Crippen MR) is 118 cm³/mol. The number of fused-ring (bicyclic) bond motifs is 1. The molecule has 0 spiro atoms. The molecule has 1 aliphatic rings. The van der Waals surface area contributed by atoms with E-state index in [0.29, 0.717) is 11.4 Å². The average molecular weight is 409 g/mol. The summed E-state index contributed by atoms with van der Waals surface area (Å²) >= 11 is 0. The Morgan fingerprint density at radius 2 is 1.83 bits per heavy atom. The van der Waals surface area contributed by atoms with E-state index in [0.717, 1.165) is 30.9 Å². The van der Waals surface area contributed by atoms with E-state index >= 15 is 0 Å². The van der Waals surface area contributed by atoms with Gasteiger partial charge >= 0.3 is 0 Å². The zero-order valence-electron chi connectivity index (χ0n) is 17.5. The number of anilines is 3. The van der Waals surface area contributed by atoms with Crippen LogP contribution in [0.3, 0.4) is 0 Å². The number of benzene rings is 2. The second-order valence-electron chi connectivity index (χ2n) is 7.26. The molecule has 0 saturated carbocycles. The molecule has 0 radical (unpaired) electrons. The molecule has 0 bridgehead atoms. The van der Waals surface area contributed by atoms with Crippen molar-refractivity contribution in [2.45, 2.75) is 33.2 Å². The lowest BCUT2D eigenvalue weighted by atomic mass is 10.1. The van der Waals surface area contributed by atoms with Gasteiger partial charge in [0.1, 0.15) is 6.54 Å². The highest BCUT2D eigenvalue weighted by Crippen LogP contribution is 2.29. The van der Waals surface area contributed by atoms with Gasteiger partial charge in [0.15, 0.2) is 0 Å². The summed E-state index contributed by atoms with van der Waals surface area (Å²) in [6, 6.07) is 14.9. The average Bonchev–Trinajstić information content (AvgIpc) is 2.75. The molecule has 2 aromatic carbocycles. The van der Waals surface area contributed by atoms with Crippen molar-refractivity contribution in [2.75, 3.05) is 35.2 Å². The number of carbonyl (C=O) groups excluding carboxylic acids is 3. The summed E-state index contributed by atoms with van der Waals surface area (Å²) in [5.74, 6) is -0.711. The smallest absolute Gasteiger partial charge is 0.244 e. The van der Waals surface area contributed by atoms with Gasteiger partial charge in [0.25, 0.3) is 0 Å². The summed E-state index contributed by atoms with van der Waals surface area (Å²) in [7, 11) is 0. The van der Waals surface area contributed by atoms with Crippen molar-refractivity contribution >= 4 is 34.8 Å². The third kappa shape index (κ3) is 5.45. The van der Waals surface area contributed by atoms with Crippen molar-refractivity contribution in [3.05, 3.63) is 54.1 Å². The molecular weight excluding hydrogens is 380 g/mol. The minimum absolute atomic E-state index is 0.0343. The lowest BCUT2D eigenvalue weighted by Gasteiger charge is -2.29. The van der Waals surface area contributed by atoms with Gasteiger partial charge in [0.05, 0.1) is 11.4 Å². The lowest BCUT2D eigenvalue weighted by molar-refractivity contribution is -0.124. The van der Waals surface area contributed by atoms with Crippen LogP contribution >= 0.6 is 0 Å². The maximum atomic E-state index is 12.7. The maximum Gasteiger partial charge on any atom is 0.244 e. The van der Waals surface area contributed by atoms with E-state index in [1.807, 2.05) is 30.3 Å². The summed E-state index contributed by atoms with van der Waals surface area (Å²) in [5, 5.41) is 5.62. The molecule has 2 aromatic rings. The molecule has 1 aliphatic heterocycles. The number of nitrogens with zero attached hydrogens (tertiary/aromatic N) is 2. The minimum atomic E-state index is -0.247. The summed E-state index contributed by atoms with van der Waals surface area (Å²) < 4.78 is 0. The first-order valence-corrected chi connectivity index (χ1v) is 10.3. The molecule has 3 amide bonds. The van der Waals surface area contributed by atoms with Crippen LogP contribution in [0.5, 0.6) is 0 Å². The number of carbonyl (C=O) groups is 3. The van der Waals surface area contributed by atoms with E-state index < -0.39 is 0 Å². The first-order chi connectivity index (χ1) is 14.5. The van der Waals surface area contributed by atoms with Crippen LogP contribution < -0.4 is 15.5 Å². The van der Waals surface area contributed by atoms with Gasteiger partial charge < -0.3 is 15.5 Å². The van der Waals surface area contributed by atoms with Crippen molar-refractivity contribution in [2.24, 2.45) is 0 Å². The zero-order valence-corrected chi connectivity index (χ0v) is 17.5. The third-order valence-corrected chi connectivity index (χ3v) is 5.15. The molecule has 158 valence electrons. The maximum absolute atomic E-state index is 12.7. The zero-order chi connectivity index (χ0) is 21.5. The third-order valence-electron chi connectivity index (χ3n) is 5.15. The SMILES string of the molecule is CCN(CC)Cc1cccc(NC(=O)CCC(=O)N2CC(=O)Nc3ccccc32)c1. The summed E-state index contributed by atoms with van der Waals surface area (Å²) in [6.45, 7) is 6.96. The van der Waals surface area contributed by atoms with Gasteiger partial charge in [-0.25, -0.2) is 0 Å².